The topological polar surface area (TPSA) is 47.0 Å². The van der Waals surface area contributed by atoms with Crippen LogP contribution in [0.25, 0.3) is 0 Å². The molecule has 1 aliphatic rings. The van der Waals surface area contributed by atoms with E-state index in [-0.39, 0.29) is 5.28 Å². The van der Waals surface area contributed by atoms with Crippen molar-refractivity contribution in [2.45, 2.75) is 13.3 Å². The predicted octanol–water partition coefficient (Wildman–Crippen LogP) is 1.50. The summed E-state index contributed by atoms with van der Waals surface area (Å²) in [7, 11) is 0. The van der Waals surface area contributed by atoms with Crippen LogP contribution in [0.3, 0.4) is 0 Å². The lowest BCUT2D eigenvalue weighted by atomic mass is 10.2. The Morgan fingerprint density at radius 1 is 1.54 bits per heavy atom. The van der Waals surface area contributed by atoms with Crippen LogP contribution in [-0.4, -0.2) is 23.1 Å². The Bertz CT molecular complexity index is 329. The Balaban J connectivity index is 2.43. The van der Waals surface area contributed by atoms with Crippen LogP contribution in [-0.2, 0) is 6.42 Å². The SMILES string of the molecule is CCOc1nc(Cl)nc2c1CCN2. The first-order valence-corrected chi connectivity index (χ1v) is 4.62. The average Bonchev–Trinajstić information content (AvgIpc) is 2.52. The number of fused-ring (bicyclic) bond motifs is 1. The van der Waals surface area contributed by atoms with Crippen LogP contribution in [0, 0.1) is 0 Å². The number of anilines is 1. The van der Waals surface area contributed by atoms with E-state index in [1.165, 1.54) is 0 Å². The summed E-state index contributed by atoms with van der Waals surface area (Å²) in [6.07, 6.45) is 0.905. The minimum absolute atomic E-state index is 0.233. The summed E-state index contributed by atoms with van der Waals surface area (Å²) < 4.78 is 5.35. The van der Waals surface area contributed by atoms with Crippen molar-refractivity contribution in [1.29, 1.82) is 0 Å². The minimum atomic E-state index is 0.233. The van der Waals surface area contributed by atoms with Gasteiger partial charge in [0.1, 0.15) is 5.82 Å². The summed E-state index contributed by atoms with van der Waals surface area (Å²) in [6.45, 7) is 3.40. The van der Waals surface area contributed by atoms with Crippen molar-refractivity contribution in [2.24, 2.45) is 0 Å². The van der Waals surface area contributed by atoms with Crippen molar-refractivity contribution in [3.05, 3.63) is 10.8 Å². The number of halogens is 1. The zero-order chi connectivity index (χ0) is 9.26. The van der Waals surface area contributed by atoms with Gasteiger partial charge in [-0.25, -0.2) is 4.98 Å². The standard InChI is InChI=1S/C8H10ClN3O/c1-2-13-7-5-3-4-10-6(5)11-8(9)12-7/h2-4H2,1H3,(H,10,11,12). The van der Waals surface area contributed by atoms with Crippen LogP contribution in [0.5, 0.6) is 5.88 Å². The maximum Gasteiger partial charge on any atom is 0.227 e. The van der Waals surface area contributed by atoms with Gasteiger partial charge < -0.3 is 10.1 Å². The highest BCUT2D eigenvalue weighted by molar-refractivity contribution is 6.28. The summed E-state index contributed by atoms with van der Waals surface area (Å²) in [4.78, 5) is 8.09. The molecule has 4 nitrogen and oxygen atoms in total. The van der Waals surface area contributed by atoms with E-state index in [1.54, 1.807) is 0 Å². The Kier molecular flexibility index (Phi) is 2.22. The van der Waals surface area contributed by atoms with Gasteiger partial charge in [-0.1, -0.05) is 0 Å². The molecule has 0 fully saturated rings. The van der Waals surface area contributed by atoms with Gasteiger partial charge in [0.2, 0.25) is 11.2 Å². The zero-order valence-corrected chi connectivity index (χ0v) is 8.06. The van der Waals surface area contributed by atoms with Crippen molar-refractivity contribution in [1.82, 2.24) is 9.97 Å². The molecule has 2 heterocycles. The number of hydrogen-bond acceptors (Lipinski definition) is 4. The quantitative estimate of drug-likeness (QED) is 0.734. The van der Waals surface area contributed by atoms with Crippen molar-refractivity contribution in [2.75, 3.05) is 18.5 Å². The molecule has 1 aromatic rings. The van der Waals surface area contributed by atoms with E-state index in [0.717, 1.165) is 24.3 Å². The normalized spacial score (nSPS) is 13.7. The number of rotatable bonds is 2. The maximum absolute atomic E-state index is 5.72. The smallest absolute Gasteiger partial charge is 0.227 e. The molecule has 1 aliphatic heterocycles. The van der Waals surface area contributed by atoms with Gasteiger partial charge in [-0.3, -0.25) is 0 Å². The first-order chi connectivity index (χ1) is 6.31. The summed E-state index contributed by atoms with van der Waals surface area (Å²) in [5.41, 5.74) is 1.03. The van der Waals surface area contributed by atoms with E-state index in [9.17, 15) is 0 Å². The third-order valence-corrected chi connectivity index (χ3v) is 2.06. The molecule has 0 bridgehead atoms. The molecule has 0 aromatic carbocycles. The molecule has 0 atom stereocenters. The third kappa shape index (κ3) is 1.54. The molecule has 0 saturated carbocycles. The van der Waals surface area contributed by atoms with Crippen molar-refractivity contribution < 1.29 is 4.74 Å². The molecule has 0 unspecified atom stereocenters. The fraction of sp³-hybridized carbons (Fsp3) is 0.500. The van der Waals surface area contributed by atoms with Crippen LogP contribution >= 0.6 is 11.6 Å². The van der Waals surface area contributed by atoms with Crippen LogP contribution in [0.1, 0.15) is 12.5 Å². The lowest BCUT2D eigenvalue weighted by molar-refractivity contribution is 0.323. The van der Waals surface area contributed by atoms with Gasteiger partial charge in [-0.15, -0.1) is 0 Å². The lowest BCUT2D eigenvalue weighted by Crippen LogP contribution is -2.00. The van der Waals surface area contributed by atoms with Gasteiger partial charge in [0.05, 0.1) is 12.2 Å². The van der Waals surface area contributed by atoms with E-state index in [1.807, 2.05) is 6.92 Å². The number of nitrogens with zero attached hydrogens (tertiary/aromatic N) is 2. The van der Waals surface area contributed by atoms with Gasteiger partial charge in [0.25, 0.3) is 0 Å². The second kappa shape index (κ2) is 3.38. The predicted molar refractivity (Wildman–Crippen MR) is 50.4 cm³/mol. The first kappa shape index (κ1) is 8.56. The Hall–Kier alpha value is -1.03. The molecule has 5 heteroatoms. The van der Waals surface area contributed by atoms with E-state index in [4.69, 9.17) is 16.3 Å². The number of ether oxygens (including phenoxy) is 1. The molecular formula is C8H10ClN3O. The summed E-state index contributed by atoms with van der Waals surface area (Å²) in [6, 6.07) is 0. The molecule has 2 rings (SSSR count). The van der Waals surface area contributed by atoms with Gasteiger partial charge in [-0.2, -0.15) is 4.98 Å². The Morgan fingerprint density at radius 2 is 2.38 bits per heavy atom. The molecule has 0 amide bonds. The van der Waals surface area contributed by atoms with Crippen molar-refractivity contribution in [3.8, 4) is 5.88 Å². The Morgan fingerprint density at radius 3 is 3.15 bits per heavy atom. The fourth-order valence-corrected chi connectivity index (χ4v) is 1.53. The molecular weight excluding hydrogens is 190 g/mol. The molecule has 1 aromatic heterocycles. The third-order valence-electron chi connectivity index (χ3n) is 1.89. The van der Waals surface area contributed by atoms with Gasteiger partial charge >= 0.3 is 0 Å². The zero-order valence-electron chi connectivity index (χ0n) is 7.30. The van der Waals surface area contributed by atoms with E-state index in [2.05, 4.69) is 15.3 Å². The van der Waals surface area contributed by atoms with E-state index >= 15 is 0 Å². The molecule has 13 heavy (non-hydrogen) atoms. The van der Waals surface area contributed by atoms with Gasteiger partial charge in [0.15, 0.2) is 0 Å². The first-order valence-electron chi connectivity index (χ1n) is 4.24. The van der Waals surface area contributed by atoms with Crippen LogP contribution < -0.4 is 10.1 Å². The molecule has 1 N–H and O–H groups in total. The molecule has 0 spiro atoms. The maximum atomic E-state index is 5.72. The number of hydrogen-bond donors (Lipinski definition) is 1. The van der Waals surface area contributed by atoms with Gasteiger partial charge in [0, 0.05) is 6.54 Å². The summed E-state index contributed by atoms with van der Waals surface area (Å²) in [5, 5.41) is 3.36. The average molecular weight is 200 g/mol. The van der Waals surface area contributed by atoms with Crippen LogP contribution in [0.4, 0.5) is 5.82 Å². The van der Waals surface area contributed by atoms with Gasteiger partial charge in [-0.05, 0) is 24.9 Å². The largest absolute Gasteiger partial charge is 0.478 e. The molecule has 0 aliphatic carbocycles. The summed E-state index contributed by atoms with van der Waals surface area (Å²) in [5.74, 6) is 1.42. The monoisotopic (exact) mass is 199 g/mol. The Labute approximate surface area is 81.3 Å². The van der Waals surface area contributed by atoms with Crippen molar-refractivity contribution >= 4 is 17.4 Å². The fourth-order valence-electron chi connectivity index (χ4n) is 1.37. The summed E-state index contributed by atoms with van der Waals surface area (Å²) >= 11 is 5.72. The van der Waals surface area contributed by atoms with Crippen LogP contribution in [0.15, 0.2) is 0 Å². The highest BCUT2D eigenvalue weighted by Gasteiger charge is 2.19. The highest BCUT2D eigenvalue weighted by atomic mass is 35.5. The molecule has 0 radical (unpaired) electrons. The minimum Gasteiger partial charge on any atom is -0.478 e. The second-order valence-electron chi connectivity index (χ2n) is 2.73. The molecule has 0 saturated heterocycles. The van der Waals surface area contributed by atoms with E-state index in [0.29, 0.717) is 12.5 Å². The number of aromatic nitrogens is 2. The second-order valence-corrected chi connectivity index (χ2v) is 3.07. The lowest BCUT2D eigenvalue weighted by Gasteiger charge is -2.06. The molecule has 70 valence electrons. The number of nitrogens with one attached hydrogen (secondary N) is 1. The van der Waals surface area contributed by atoms with Crippen molar-refractivity contribution in [3.63, 3.8) is 0 Å². The highest BCUT2D eigenvalue weighted by Crippen LogP contribution is 2.28. The van der Waals surface area contributed by atoms with E-state index < -0.39 is 0 Å². The van der Waals surface area contributed by atoms with Crippen LogP contribution in [0.2, 0.25) is 5.28 Å².